The zero-order valence-electron chi connectivity index (χ0n) is 16.8. The lowest BCUT2D eigenvalue weighted by molar-refractivity contribution is -0.118. The van der Waals surface area contributed by atoms with Gasteiger partial charge in [0.25, 0.3) is 5.56 Å². The summed E-state index contributed by atoms with van der Waals surface area (Å²) in [6.07, 6.45) is 1.73. The van der Waals surface area contributed by atoms with Crippen LogP contribution in [0.3, 0.4) is 0 Å². The van der Waals surface area contributed by atoms with Gasteiger partial charge in [-0.25, -0.2) is 14.0 Å². The van der Waals surface area contributed by atoms with Crippen molar-refractivity contribution in [3.63, 3.8) is 0 Å². The Morgan fingerprint density at radius 2 is 1.82 bits per heavy atom. The van der Waals surface area contributed by atoms with E-state index in [2.05, 4.69) is 10.1 Å². The van der Waals surface area contributed by atoms with Gasteiger partial charge < -0.3 is 10.3 Å². The van der Waals surface area contributed by atoms with Gasteiger partial charge in [0.2, 0.25) is 11.9 Å². The lowest BCUT2D eigenvalue weighted by Crippen LogP contribution is -2.42. The van der Waals surface area contributed by atoms with Crippen molar-refractivity contribution in [2.75, 3.05) is 0 Å². The Morgan fingerprint density at radius 3 is 2.36 bits per heavy atom. The second-order valence-corrected chi connectivity index (χ2v) is 7.00. The number of hydrogen-bond donors (Lipinski definition) is 1. The van der Waals surface area contributed by atoms with E-state index in [1.165, 1.54) is 11.6 Å². The maximum Gasteiger partial charge on any atom is 0.332 e. The van der Waals surface area contributed by atoms with Crippen molar-refractivity contribution in [3.8, 4) is 5.95 Å². The number of amides is 1. The molecule has 3 rings (SSSR count). The van der Waals surface area contributed by atoms with E-state index in [1.54, 1.807) is 9.25 Å². The number of nitrogens with two attached hydrogens (primary N) is 1. The molecule has 0 spiro atoms. The van der Waals surface area contributed by atoms with Gasteiger partial charge in [-0.1, -0.05) is 13.3 Å². The van der Waals surface area contributed by atoms with Crippen LogP contribution in [0.4, 0.5) is 0 Å². The lowest BCUT2D eigenvalue weighted by Gasteiger charge is -2.10. The number of hydrogen-bond acceptors (Lipinski definition) is 5. The third kappa shape index (κ3) is 2.94. The molecule has 0 aliphatic heterocycles. The molecule has 0 saturated heterocycles. The molecule has 0 atom stereocenters. The standard InChI is InChI=1S/C18H25N7O3/c1-6-7-8-23-14-15(20-17(23)25-12(4)10(2)11(3)21-25)22(5)18(28)24(16(14)27)9-13(19)26/h6-9H2,1-5H3,(H2,19,26). The summed E-state index contributed by atoms with van der Waals surface area (Å²) in [5.41, 5.74) is 7.35. The molecule has 150 valence electrons. The van der Waals surface area contributed by atoms with Crippen molar-refractivity contribution >= 4 is 17.1 Å². The van der Waals surface area contributed by atoms with Crippen LogP contribution in [0, 0.1) is 20.8 Å². The third-order valence-corrected chi connectivity index (χ3v) is 5.10. The molecule has 1 amide bonds. The average molecular weight is 387 g/mol. The van der Waals surface area contributed by atoms with Crippen LogP contribution >= 0.6 is 0 Å². The summed E-state index contributed by atoms with van der Waals surface area (Å²) in [4.78, 5) is 41.6. The summed E-state index contributed by atoms with van der Waals surface area (Å²) in [5.74, 6) is -0.284. The molecule has 0 radical (unpaired) electrons. The summed E-state index contributed by atoms with van der Waals surface area (Å²) in [7, 11) is 1.52. The van der Waals surface area contributed by atoms with Crippen LogP contribution in [0.25, 0.3) is 17.1 Å². The molecule has 0 unspecified atom stereocenters. The monoisotopic (exact) mass is 387 g/mol. The number of carbonyl (C=O) groups excluding carboxylic acids is 1. The minimum atomic E-state index is -0.757. The van der Waals surface area contributed by atoms with E-state index < -0.39 is 23.7 Å². The Hall–Kier alpha value is -3.17. The van der Waals surface area contributed by atoms with Crippen molar-refractivity contribution in [2.45, 2.75) is 53.6 Å². The maximum atomic E-state index is 13.1. The molecule has 10 heteroatoms. The predicted octanol–water partition coefficient (Wildman–Crippen LogP) is 0.293. The van der Waals surface area contributed by atoms with Crippen molar-refractivity contribution in [1.29, 1.82) is 0 Å². The number of carbonyl (C=O) groups is 1. The van der Waals surface area contributed by atoms with E-state index in [9.17, 15) is 14.4 Å². The first kappa shape index (κ1) is 19.6. The summed E-state index contributed by atoms with van der Waals surface area (Å²) in [6, 6.07) is 0. The molecule has 0 bridgehead atoms. The molecule has 3 aromatic rings. The zero-order chi connectivity index (χ0) is 20.7. The van der Waals surface area contributed by atoms with Crippen LogP contribution in [0.5, 0.6) is 0 Å². The molecule has 0 aliphatic rings. The Kier molecular flexibility index (Phi) is 4.97. The van der Waals surface area contributed by atoms with Crippen molar-refractivity contribution < 1.29 is 4.79 Å². The van der Waals surface area contributed by atoms with Gasteiger partial charge in [-0.2, -0.15) is 10.1 Å². The number of imidazole rings is 1. The Bertz CT molecular complexity index is 1190. The molecule has 28 heavy (non-hydrogen) atoms. The molecular weight excluding hydrogens is 362 g/mol. The number of primary amides is 1. The van der Waals surface area contributed by atoms with E-state index in [-0.39, 0.29) is 11.2 Å². The number of aromatic nitrogens is 6. The maximum absolute atomic E-state index is 13.1. The number of aryl methyl sites for hydroxylation is 3. The highest BCUT2D eigenvalue weighted by atomic mass is 16.2. The fourth-order valence-electron chi connectivity index (χ4n) is 3.26. The molecule has 0 saturated carbocycles. The van der Waals surface area contributed by atoms with Crippen molar-refractivity contribution in [2.24, 2.45) is 12.8 Å². The van der Waals surface area contributed by atoms with E-state index >= 15 is 0 Å². The van der Waals surface area contributed by atoms with Gasteiger partial charge in [0.05, 0.1) is 5.69 Å². The molecule has 0 aromatic carbocycles. The quantitative estimate of drug-likeness (QED) is 0.651. The van der Waals surface area contributed by atoms with E-state index in [0.717, 1.165) is 34.4 Å². The topological polar surface area (TPSA) is 123 Å². The van der Waals surface area contributed by atoms with Crippen molar-refractivity contribution in [1.82, 2.24) is 28.5 Å². The van der Waals surface area contributed by atoms with Gasteiger partial charge in [-0.3, -0.25) is 14.2 Å². The summed E-state index contributed by atoms with van der Waals surface area (Å²) in [5, 5.41) is 4.56. The fourth-order valence-corrected chi connectivity index (χ4v) is 3.26. The van der Waals surface area contributed by atoms with Gasteiger partial charge in [0.1, 0.15) is 6.54 Å². The van der Waals surface area contributed by atoms with E-state index in [4.69, 9.17) is 5.73 Å². The molecular formula is C18H25N7O3. The highest BCUT2D eigenvalue weighted by Crippen LogP contribution is 2.20. The van der Waals surface area contributed by atoms with Gasteiger partial charge in [0, 0.05) is 19.3 Å². The van der Waals surface area contributed by atoms with E-state index in [1.807, 2.05) is 27.7 Å². The highest BCUT2D eigenvalue weighted by Gasteiger charge is 2.23. The van der Waals surface area contributed by atoms with Gasteiger partial charge in [0.15, 0.2) is 11.2 Å². The van der Waals surface area contributed by atoms with Crippen LogP contribution in [0.15, 0.2) is 9.59 Å². The van der Waals surface area contributed by atoms with Crippen molar-refractivity contribution in [3.05, 3.63) is 37.8 Å². The summed E-state index contributed by atoms with van der Waals surface area (Å²) >= 11 is 0. The first-order valence-corrected chi connectivity index (χ1v) is 9.20. The highest BCUT2D eigenvalue weighted by molar-refractivity contribution is 5.75. The first-order chi connectivity index (χ1) is 13.2. The van der Waals surface area contributed by atoms with Crippen LogP contribution in [0.1, 0.15) is 36.7 Å². The zero-order valence-corrected chi connectivity index (χ0v) is 16.8. The molecule has 0 aliphatic carbocycles. The molecule has 3 heterocycles. The van der Waals surface area contributed by atoms with Crippen LogP contribution < -0.4 is 17.0 Å². The van der Waals surface area contributed by atoms with E-state index in [0.29, 0.717) is 12.5 Å². The van der Waals surface area contributed by atoms with Gasteiger partial charge >= 0.3 is 5.69 Å². The Balaban J connectivity index is 2.43. The predicted molar refractivity (Wildman–Crippen MR) is 105 cm³/mol. The Labute approximate surface area is 161 Å². The molecule has 3 aromatic heterocycles. The number of rotatable bonds is 6. The molecule has 10 nitrogen and oxygen atoms in total. The number of nitrogens with zero attached hydrogens (tertiary/aromatic N) is 6. The summed E-state index contributed by atoms with van der Waals surface area (Å²) < 4.78 is 5.59. The van der Waals surface area contributed by atoms with Gasteiger partial charge in [-0.05, 0) is 32.8 Å². The third-order valence-electron chi connectivity index (χ3n) is 5.10. The summed E-state index contributed by atoms with van der Waals surface area (Å²) in [6.45, 7) is 7.92. The van der Waals surface area contributed by atoms with Crippen LogP contribution in [-0.2, 0) is 24.9 Å². The number of unbranched alkanes of at least 4 members (excludes halogenated alkanes) is 1. The Morgan fingerprint density at radius 1 is 1.14 bits per heavy atom. The SMILES string of the molecule is CCCCn1c(-n2nc(C)c(C)c2C)nc2c1c(=O)n(CC(N)=O)c(=O)n2C. The second-order valence-electron chi connectivity index (χ2n) is 7.00. The largest absolute Gasteiger partial charge is 0.368 e. The number of fused-ring (bicyclic) bond motifs is 1. The smallest absolute Gasteiger partial charge is 0.332 e. The second kappa shape index (κ2) is 7.10. The minimum Gasteiger partial charge on any atom is -0.368 e. The lowest BCUT2D eigenvalue weighted by atomic mass is 10.2. The molecule has 0 fully saturated rings. The average Bonchev–Trinajstić information content (AvgIpc) is 3.14. The van der Waals surface area contributed by atoms with Crippen LogP contribution in [0.2, 0.25) is 0 Å². The normalized spacial score (nSPS) is 11.5. The first-order valence-electron chi connectivity index (χ1n) is 9.20. The van der Waals surface area contributed by atoms with Crippen LogP contribution in [-0.4, -0.2) is 34.4 Å². The minimum absolute atomic E-state index is 0.257. The van der Waals surface area contributed by atoms with Gasteiger partial charge in [-0.15, -0.1) is 0 Å². The molecule has 2 N–H and O–H groups in total. The fraction of sp³-hybridized carbons (Fsp3) is 0.500.